The molecule has 0 aromatic rings. The van der Waals surface area contributed by atoms with Crippen molar-refractivity contribution >= 4 is 5.97 Å². The number of aliphatic hydroxyl groups excluding tert-OH is 1. The quantitative estimate of drug-likeness (QED) is 0.456. The topological polar surface area (TPSA) is 57.5 Å². The molecule has 0 saturated carbocycles. The molecule has 3 heteroatoms. The van der Waals surface area contributed by atoms with Crippen LogP contribution in [0.4, 0.5) is 0 Å². The lowest BCUT2D eigenvalue weighted by Crippen LogP contribution is -1.93. The van der Waals surface area contributed by atoms with Crippen LogP contribution < -0.4 is 0 Å². The van der Waals surface area contributed by atoms with Crippen molar-refractivity contribution in [2.24, 2.45) is 0 Å². The number of hydrogen-bond donors (Lipinski definition) is 2. The third-order valence-corrected chi connectivity index (χ3v) is 2.65. The Morgan fingerprint density at radius 3 is 1.88 bits per heavy atom. The molecule has 0 aromatic heterocycles. The van der Waals surface area contributed by atoms with E-state index in [4.69, 9.17) is 10.2 Å². The zero-order valence-electron chi connectivity index (χ0n) is 10.6. The molecule has 0 bridgehead atoms. The maximum absolute atomic E-state index is 10.3. The molecule has 0 atom stereocenters. The van der Waals surface area contributed by atoms with Gasteiger partial charge in [0.25, 0.3) is 0 Å². The Morgan fingerprint density at radius 2 is 1.35 bits per heavy atom. The number of hydrogen-bond acceptors (Lipinski definition) is 2. The molecule has 0 spiro atoms. The first-order chi connectivity index (χ1) is 8.27. The maximum Gasteiger partial charge on any atom is 0.303 e. The Labute approximate surface area is 104 Å². The standard InChI is InChI=1S/C14H24O3/c15-13-11-9-7-5-3-1-2-4-6-8-10-12-14(16)17/h15H,1-8,10,12-13H2,(H,16,17). The van der Waals surface area contributed by atoms with Gasteiger partial charge in [-0.3, -0.25) is 4.79 Å². The molecular weight excluding hydrogens is 216 g/mol. The Balaban J connectivity index is 3.01. The minimum atomic E-state index is -0.686. The van der Waals surface area contributed by atoms with Gasteiger partial charge in [0.15, 0.2) is 0 Å². The number of carboxylic acids is 1. The average Bonchev–Trinajstić information content (AvgIpc) is 2.30. The van der Waals surface area contributed by atoms with Crippen LogP contribution in [0, 0.1) is 11.8 Å². The third-order valence-electron chi connectivity index (χ3n) is 2.65. The van der Waals surface area contributed by atoms with Crippen molar-refractivity contribution in [3.05, 3.63) is 0 Å². The normalized spacial score (nSPS) is 9.71. The highest BCUT2D eigenvalue weighted by atomic mass is 16.4. The largest absolute Gasteiger partial charge is 0.481 e. The molecule has 0 heterocycles. The van der Waals surface area contributed by atoms with Gasteiger partial charge in [0, 0.05) is 12.8 Å². The van der Waals surface area contributed by atoms with E-state index in [1.807, 2.05) is 0 Å². The van der Waals surface area contributed by atoms with E-state index in [1.165, 1.54) is 25.7 Å². The summed E-state index contributed by atoms with van der Waals surface area (Å²) in [5.41, 5.74) is 0. The Morgan fingerprint density at radius 1 is 0.824 bits per heavy atom. The first-order valence-corrected chi connectivity index (χ1v) is 6.55. The smallest absolute Gasteiger partial charge is 0.303 e. The van der Waals surface area contributed by atoms with Gasteiger partial charge >= 0.3 is 5.97 Å². The van der Waals surface area contributed by atoms with Crippen molar-refractivity contribution in [1.82, 2.24) is 0 Å². The first-order valence-electron chi connectivity index (χ1n) is 6.55. The molecule has 3 nitrogen and oxygen atoms in total. The summed E-state index contributed by atoms with van der Waals surface area (Å²) < 4.78 is 0. The summed E-state index contributed by atoms with van der Waals surface area (Å²) in [5.74, 6) is 4.86. The van der Waals surface area contributed by atoms with Crippen molar-refractivity contribution in [2.75, 3.05) is 6.61 Å². The van der Waals surface area contributed by atoms with Gasteiger partial charge < -0.3 is 10.2 Å². The van der Waals surface area contributed by atoms with Crippen LogP contribution in [0.1, 0.15) is 64.2 Å². The second kappa shape index (κ2) is 13.1. The van der Waals surface area contributed by atoms with Gasteiger partial charge in [0.1, 0.15) is 6.61 Å². The molecule has 0 aliphatic heterocycles. The minimum Gasteiger partial charge on any atom is -0.481 e. The molecule has 2 N–H and O–H groups in total. The number of aliphatic carboxylic acids is 1. The maximum atomic E-state index is 10.3. The van der Waals surface area contributed by atoms with Gasteiger partial charge in [0.2, 0.25) is 0 Å². The number of carbonyl (C=O) groups is 1. The van der Waals surface area contributed by atoms with Crippen molar-refractivity contribution in [2.45, 2.75) is 64.2 Å². The van der Waals surface area contributed by atoms with Crippen LogP contribution in [-0.4, -0.2) is 22.8 Å². The number of unbranched alkanes of at least 4 members (excludes halogenated alkanes) is 8. The molecule has 0 fully saturated rings. The summed E-state index contributed by atoms with van der Waals surface area (Å²) in [5, 5.41) is 16.9. The molecule has 0 rings (SSSR count). The van der Waals surface area contributed by atoms with Crippen LogP contribution in [-0.2, 0) is 4.79 Å². The fourth-order valence-corrected chi connectivity index (χ4v) is 1.69. The summed E-state index contributed by atoms with van der Waals surface area (Å²) in [6.45, 7) is -0.0314. The summed E-state index contributed by atoms with van der Waals surface area (Å²) in [6.07, 6.45) is 10.2. The van der Waals surface area contributed by atoms with Crippen LogP contribution in [0.15, 0.2) is 0 Å². The second-order valence-corrected chi connectivity index (χ2v) is 4.23. The predicted molar refractivity (Wildman–Crippen MR) is 68.7 cm³/mol. The molecule has 0 radical (unpaired) electrons. The van der Waals surface area contributed by atoms with E-state index in [9.17, 15) is 4.79 Å². The van der Waals surface area contributed by atoms with Gasteiger partial charge in [0.05, 0.1) is 0 Å². The van der Waals surface area contributed by atoms with E-state index in [-0.39, 0.29) is 6.61 Å². The van der Waals surface area contributed by atoms with Gasteiger partial charge in [-0.2, -0.15) is 0 Å². The molecule has 0 aliphatic rings. The average molecular weight is 240 g/mol. The third kappa shape index (κ3) is 15.0. The Bertz CT molecular complexity index is 238. The molecule has 0 amide bonds. The van der Waals surface area contributed by atoms with Crippen LogP contribution in [0.2, 0.25) is 0 Å². The zero-order valence-corrected chi connectivity index (χ0v) is 10.6. The van der Waals surface area contributed by atoms with Crippen LogP contribution in [0.5, 0.6) is 0 Å². The highest BCUT2D eigenvalue weighted by molar-refractivity contribution is 5.66. The highest BCUT2D eigenvalue weighted by Gasteiger charge is 1.96. The van der Waals surface area contributed by atoms with E-state index in [2.05, 4.69) is 11.8 Å². The molecule has 0 aliphatic carbocycles. The molecule has 98 valence electrons. The van der Waals surface area contributed by atoms with E-state index in [0.717, 1.165) is 32.1 Å². The molecule has 0 saturated heterocycles. The predicted octanol–water partition coefficient (Wildman–Crippen LogP) is 2.97. The molecule has 0 unspecified atom stereocenters. The summed E-state index contributed by atoms with van der Waals surface area (Å²) in [4.78, 5) is 10.3. The van der Waals surface area contributed by atoms with Crippen molar-refractivity contribution in [3.8, 4) is 11.8 Å². The lowest BCUT2D eigenvalue weighted by molar-refractivity contribution is -0.137. The van der Waals surface area contributed by atoms with E-state index in [0.29, 0.717) is 6.42 Å². The minimum absolute atomic E-state index is 0.0314. The van der Waals surface area contributed by atoms with E-state index in [1.54, 1.807) is 0 Å². The second-order valence-electron chi connectivity index (χ2n) is 4.23. The van der Waals surface area contributed by atoms with Crippen LogP contribution >= 0.6 is 0 Å². The van der Waals surface area contributed by atoms with Crippen LogP contribution in [0.25, 0.3) is 0 Å². The van der Waals surface area contributed by atoms with Crippen LogP contribution in [0.3, 0.4) is 0 Å². The Kier molecular flexibility index (Phi) is 12.3. The number of aliphatic hydroxyl groups is 1. The van der Waals surface area contributed by atoms with Crippen molar-refractivity contribution in [1.29, 1.82) is 0 Å². The summed E-state index contributed by atoms with van der Waals surface area (Å²) in [6, 6.07) is 0. The lowest BCUT2D eigenvalue weighted by atomic mass is 10.1. The fourth-order valence-electron chi connectivity index (χ4n) is 1.69. The van der Waals surface area contributed by atoms with Gasteiger partial charge in [-0.15, -0.1) is 5.92 Å². The molecule has 17 heavy (non-hydrogen) atoms. The number of carboxylic acid groups (broad SMARTS) is 1. The summed E-state index contributed by atoms with van der Waals surface area (Å²) in [7, 11) is 0. The van der Waals surface area contributed by atoms with E-state index < -0.39 is 5.97 Å². The van der Waals surface area contributed by atoms with Gasteiger partial charge in [-0.25, -0.2) is 0 Å². The molecule has 0 aromatic carbocycles. The lowest BCUT2D eigenvalue weighted by Gasteiger charge is -2.00. The van der Waals surface area contributed by atoms with E-state index >= 15 is 0 Å². The van der Waals surface area contributed by atoms with Gasteiger partial charge in [-0.05, 0) is 12.8 Å². The van der Waals surface area contributed by atoms with Crippen molar-refractivity contribution in [3.63, 3.8) is 0 Å². The fraction of sp³-hybridized carbons (Fsp3) is 0.786. The molecular formula is C14H24O3. The van der Waals surface area contributed by atoms with Crippen molar-refractivity contribution < 1.29 is 15.0 Å². The Hall–Kier alpha value is -1.01. The number of rotatable bonds is 10. The monoisotopic (exact) mass is 240 g/mol. The SMILES string of the molecule is O=C(O)CCCCCCCCCCC#CCO. The first kappa shape index (κ1) is 16.0. The van der Waals surface area contributed by atoms with Gasteiger partial charge in [-0.1, -0.05) is 44.4 Å². The highest BCUT2D eigenvalue weighted by Crippen LogP contribution is 2.10. The summed E-state index contributed by atoms with van der Waals surface area (Å²) >= 11 is 0. The zero-order chi connectivity index (χ0) is 12.8.